The number of hydrogen-bond acceptors (Lipinski definition) is 4. The van der Waals surface area contributed by atoms with Gasteiger partial charge in [0, 0.05) is 32.4 Å². The van der Waals surface area contributed by atoms with Gasteiger partial charge in [0.25, 0.3) is 0 Å². The lowest BCUT2D eigenvalue weighted by atomic mass is 9.97. The molecule has 0 bridgehead atoms. The average molecular weight is 389 g/mol. The molecule has 154 valence electrons. The van der Waals surface area contributed by atoms with Crippen LogP contribution < -0.4 is 5.69 Å². The van der Waals surface area contributed by atoms with Crippen LogP contribution >= 0.6 is 0 Å². The molecule has 0 spiro atoms. The smallest absolute Gasteiger partial charge is 0.410 e. The van der Waals surface area contributed by atoms with Gasteiger partial charge >= 0.3 is 11.8 Å². The highest BCUT2D eigenvalue weighted by molar-refractivity contribution is 5.71. The molecule has 0 unspecified atom stereocenters. The molecule has 0 atom stereocenters. The van der Waals surface area contributed by atoms with Gasteiger partial charge in [-0.1, -0.05) is 13.8 Å². The van der Waals surface area contributed by atoms with E-state index in [1.54, 1.807) is 11.1 Å². The summed E-state index contributed by atoms with van der Waals surface area (Å²) in [5, 5.41) is 0. The first kappa shape index (κ1) is 20.4. The summed E-state index contributed by atoms with van der Waals surface area (Å²) in [4.78, 5) is 31.5. The van der Waals surface area contributed by atoms with Crippen LogP contribution in [0.4, 0.5) is 4.79 Å². The zero-order valence-electron chi connectivity index (χ0n) is 17.6. The van der Waals surface area contributed by atoms with E-state index >= 15 is 0 Å². The van der Waals surface area contributed by atoms with Gasteiger partial charge in [0.1, 0.15) is 5.60 Å². The van der Waals surface area contributed by atoms with E-state index in [9.17, 15) is 9.59 Å². The zero-order chi connectivity index (χ0) is 20.5. The van der Waals surface area contributed by atoms with E-state index < -0.39 is 5.60 Å². The first-order chi connectivity index (χ1) is 13.2. The van der Waals surface area contributed by atoms with Crippen molar-refractivity contribution in [3.8, 4) is 0 Å². The van der Waals surface area contributed by atoms with E-state index in [2.05, 4.69) is 18.8 Å². The molecule has 28 heavy (non-hydrogen) atoms. The molecular weight excluding hydrogens is 356 g/mol. The van der Waals surface area contributed by atoms with Crippen molar-refractivity contribution in [3.05, 3.63) is 28.8 Å². The zero-order valence-corrected chi connectivity index (χ0v) is 17.6. The molecule has 0 aliphatic carbocycles. The van der Waals surface area contributed by atoms with Crippen molar-refractivity contribution in [1.29, 1.82) is 0 Å². The Labute approximate surface area is 166 Å². The van der Waals surface area contributed by atoms with Gasteiger partial charge in [-0.3, -0.25) is 9.13 Å². The largest absolute Gasteiger partial charge is 0.444 e. The van der Waals surface area contributed by atoms with Crippen molar-refractivity contribution in [2.45, 2.75) is 66.2 Å². The summed E-state index contributed by atoms with van der Waals surface area (Å²) in [6, 6.07) is 3.84. The number of pyridine rings is 1. The number of likely N-dealkylation sites (tertiary alicyclic amines) is 1. The maximum Gasteiger partial charge on any atom is 0.410 e. The van der Waals surface area contributed by atoms with Gasteiger partial charge in [-0.05, 0) is 57.6 Å². The molecule has 0 saturated carbocycles. The third kappa shape index (κ3) is 4.56. The third-order valence-corrected chi connectivity index (χ3v) is 5.03. The van der Waals surface area contributed by atoms with Gasteiger partial charge in [0.05, 0.1) is 5.52 Å². The van der Waals surface area contributed by atoms with Crippen LogP contribution in [0.5, 0.6) is 0 Å². The normalized spacial score (nSPS) is 16.1. The van der Waals surface area contributed by atoms with E-state index in [0.717, 1.165) is 24.0 Å². The molecule has 0 radical (unpaired) electrons. The molecule has 0 N–H and O–H groups in total. The van der Waals surface area contributed by atoms with Crippen LogP contribution in [0.25, 0.3) is 11.2 Å². The molecule has 0 aromatic carbocycles. The molecule has 7 heteroatoms. The Morgan fingerprint density at radius 3 is 2.54 bits per heavy atom. The van der Waals surface area contributed by atoms with Gasteiger partial charge in [0.2, 0.25) is 0 Å². The topological polar surface area (TPSA) is 69.4 Å². The number of imidazole rings is 1. The Balaban J connectivity index is 1.72. The van der Waals surface area contributed by atoms with Gasteiger partial charge in [0.15, 0.2) is 5.65 Å². The predicted molar refractivity (Wildman–Crippen MR) is 109 cm³/mol. The van der Waals surface area contributed by atoms with Crippen LogP contribution in [-0.4, -0.2) is 43.8 Å². The molecular formula is C21H32N4O3. The van der Waals surface area contributed by atoms with Crippen LogP contribution in [0.3, 0.4) is 0 Å². The molecule has 1 fully saturated rings. The molecule has 1 aliphatic heterocycles. The summed E-state index contributed by atoms with van der Waals surface area (Å²) in [7, 11) is 0. The third-order valence-electron chi connectivity index (χ3n) is 5.03. The highest BCUT2D eigenvalue weighted by Gasteiger charge is 2.28. The van der Waals surface area contributed by atoms with E-state index in [-0.39, 0.29) is 11.8 Å². The molecule has 3 heterocycles. The molecule has 1 saturated heterocycles. The summed E-state index contributed by atoms with van der Waals surface area (Å²) < 4.78 is 9.11. The van der Waals surface area contributed by atoms with Crippen LogP contribution in [0, 0.1) is 11.8 Å². The van der Waals surface area contributed by atoms with Gasteiger partial charge in [-0.15, -0.1) is 0 Å². The minimum Gasteiger partial charge on any atom is -0.444 e. The van der Waals surface area contributed by atoms with Crippen molar-refractivity contribution in [2.24, 2.45) is 11.8 Å². The van der Waals surface area contributed by atoms with Gasteiger partial charge in [-0.2, -0.15) is 0 Å². The number of piperidine rings is 1. The number of fused-ring (bicyclic) bond motifs is 1. The van der Waals surface area contributed by atoms with Crippen molar-refractivity contribution >= 4 is 17.3 Å². The summed E-state index contributed by atoms with van der Waals surface area (Å²) >= 11 is 0. The number of carbonyl (C=O) groups excluding carboxylic acids is 1. The van der Waals surface area contributed by atoms with Crippen LogP contribution in [-0.2, 0) is 17.8 Å². The number of rotatable bonds is 4. The molecule has 2 aromatic rings. The van der Waals surface area contributed by atoms with E-state index in [1.807, 2.05) is 42.0 Å². The standard InChI is InChI=1S/C21H32N4O3/c1-15(2)13-24-17-7-6-10-22-18(17)25(19(24)26)14-16-8-11-23(12-9-16)20(27)28-21(3,4)5/h6-7,10,15-16H,8-9,11-14H2,1-5H3. The highest BCUT2D eigenvalue weighted by atomic mass is 16.6. The van der Waals surface area contributed by atoms with E-state index in [0.29, 0.717) is 38.0 Å². The molecule has 3 rings (SSSR count). The fourth-order valence-electron chi connectivity index (χ4n) is 3.74. The van der Waals surface area contributed by atoms with Gasteiger partial charge in [-0.25, -0.2) is 14.6 Å². The molecule has 7 nitrogen and oxygen atoms in total. The first-order valence-corrected chi connectivity index (χ1v) is 10.2. The number of carbonyl (C=O) groups is 1. The Hall–Kier alpha value is -2.31. The summed E-state index contributed by atoms with van der Waals surface area (Å²) in [6.07, 6.45) is 3.20. The number of hydrogen-bond donors (Lipinski definition) is 0. The monoisotopic (exact) mass is 388 g/mol. The molecule has 1 amide bonds. The highest BCUT2D eigenvalue weighted by Crippen LogP contribution is 2.22. The minimum absolute atomic E-state index is 0.0111. The SMILES string of the molecule is CC(C)Cn1c(=O)n(CC2CCN(C(=O)OC(C)(C)C)CC2)c2ncccc21. The minimum atomic E-state index is -0.481. The van der Waals surface area contributed by atoms with Crippen molar-refractivity contribution < 1.29 is 9.53 Å². The summed E-state index contributed by atoms with van der Waals surface area (Å²) in [6.45, 7) is 12.5. The van der Waals surface area contributed by atoms with Crippen LogP contribution in [0.1, 0.15) is 47.5 Å². The number of amides is 1. The molecule has 1 aliphatic rings. The first-order valence-electron chi connectivity index (χ1n) is 10.2. The van der Waals surface area contributed by atoms with Crippen molar-refractivity contribution in [3.63, 3.8) is 0 Å². The van der Waals surface area contributed by atoms with Crippen molar-refractivity contribution in [2.75, 3.05) is 13.1 Å². The Morgan fingerprint density at radius 1 is 1.25 bits per heavy atom. The number of aromatic nitrogens is 3. The Morgan fingerprint density at radius 2 is 1.93 bits per heavy atom. The Bertz CT molecular complexity index is 883. The van der Waals surface area contributed by atoms with Gasteiger partial charge < -0.3 is 9.64 Å². The van der Waals surface area contributed by atoms with Crippen LogP contribution in [0.15, 0.2) is 23.1 Å². The summed E-state index contributed by atoms with van der Waals surface area (Å²) in [5.74, 6) is 0.727. The van der Waals surface area contributed by atoms with E-state index in [1.165, 1.54) is 0 Å². The lowest BCUT2D eigenvalue weighted by Gasteiger charge is -2.33. The second-order valence-corrected chi connectivity index (χ2v) is 9.15. The maximum absolute atomic E-state index is 13.0. The number of nitrogens with zero attached hydrogens (tertiary/aromatic N) is 4. The Kier molecular flexibility index (Phi) is 5.82. The average Bonchev–Trinajstić information content (AvgIpc) is 2.86. The van der Waals surface area contributed by atoms with E-state index in [4.69, 9.17) is 4.74 Å². The van der Waals surface area contributed by atoms with Crippen LogP contribution in [0.2, 0.25) is 0 Å². The van der Waals surface area contributed by atoms with Crippen molar-refractivity contribution in [1.82, 2.24) is 19.0 Å². The summed E-state index contributed by atoms with van der Waals surface area (Å²) in [5.41, 5.74) is 1.18. The maximum atomic E-state index is 13.0. The quantitative estimate of drug-likeness (QED) is 0.804. The fourth-order valence-corrected chi connectivity index (χ4v) is 3.74. The second-order valence-electron chi connectivity index (χ2n) is 9.15. The number of ether oxygens (including phenoxy) is 1. The lowest BCUT2D eigenvalue weighted by molar-refractivity contribution is 0.0178. The lowest BCUT2D eigenvalue weighted by Crippen LogP contribution is -2.42. The second kappa shape index (κ2) is 7.97. The fraction of sp³-hybridized carbons (Fsp3) is 0.667. The molecule has 2 aromatic heterocycles. The predicted octanol–water partition coefficient (Wildman–Crippen LogP) is 3.50.